The number of aromatic nitrogens is 1. The fourth-order valence-corrected chi connectivity index (χ4v) is 5.03. The molecule has 0 aliphatic carbocycles. The summed E-state index contributed by atoms with van der Waals surface area (Å²) in [7, 11) is 0. The number of amides is 2. The predicted octanol–water partition coefficient (Wildman–Crippen LogP) is 1.97. The highest BCUT2D eigenvalue weighted by molar-refractivity contribution is 8.00. The third kappa shape index (κ3) is 3.55. The fraction of sp³-hybridized carbons (Fsp3) is 0.333. The molecule has 1 fully saturated rings. The molecule has 4 rings (SSSR count). The SMILES string of the molecule is CC1Sc2c(C(=O)O)c(=O)c3cc(F)c(N4CCN(C(=O)NC(=N)NCl)CC4)cc3n21. The number of thioether (sulfide) groups is 1. The number of nitrogens with zero attached hydrogens (tertiary/aromatic N) is 3. The summed E-state index contributed by atoms with van der Waals surface area (Å²) in [5.41, 5.74) is -0.270. The van der Waals surface area contributed by atoms with Crippen LogP contribution < -0.4 is 20.5 Å². The highest BCUT2D eigenvalue weighted by atomic mass is 35.5. The van der Waals surface area contributed by atoms with Crippen LogP contribution in [0.2, 0.25) is 0 Å². The quantitative estimate of drug-likeness (QED) is 0.301. The highest BCUT2D eigenvalue weighted by Gasteiger charge is 2.33. The van der Waals surface area contributed by atoms with Crippen LogP contribution in [0, 0.1) is 11.2 Å². The van der Waals surface area contributed by atoms with Crippen molar-refractivity contribution in [2.75, 3.05) is 31.1 Å². The molecular formula is C18H18ClFN6O4S. The molecule has 0 spiro atoms. The Morgan fingerprint density at radius 1 is 1.29 bits per heavy atom. The first-order chi connectivity index (χ1) is 14.7. The average molecular weight is 469 g/mol. The van der Waals surface area contributed by atoms with Gasteiger partial charge in [0.1, 0.15) is 11.4 Å². The maximum Gasteiger partial charge on any atom is 0.342 e. The standard InChI is InChI=1S/C18H18ClFN6O4S/c1-8-26-11-7-12(24-2-4-25(5-3-24)18(30)22-17(21)23-19)10(20)6-9(11)14(27)13(16(28)29)15(26)31-8/h6-8H,2-5H2,1H3,(H,28,29)(H3,21,22,23,30). The number of carboxylic acids is 1. The van der Waals surface area contributed by atoms with Crippen LogP contribution in [0.15, 0.2) is 22.0 Å². The number of urea groups is 1. The Balaban J connectivity index is 1.65. The molecule has 1 aromatic heterocycles. The van der Waals surface area contributed by atoms with E-state index >= 15 is 0 Å². The molecule has 1 aromatic carbocycles. The van der Waals surface area contributed by atoms with Gasteiger partial charge in [0.2, 0.25) is 11.4 Å². The van der Waals surface area contributed by atoms with Crippen LogP contribution in [-0.4, -0.2) is 58.7 Å². The molecule has 2 aliphatic rings. The Morgan fingerprint density at radius 3 is 2.55 bits per heavy atom. The third-order valence-corrected chi connectivity index (χ3v) is 6.69. The summed E-state index contributed by atoms with van der Waals surface area (Å²) in [5, 5.41) is 19.4. The molecule has 0 bridgehead atoms. The minimum atomic E-state index is -1.33. The molecule has 13 heteroatoms. The summed E-state index contributed by atoms with van der Waals surface area (Å²) in [6.07, 6.45) is 0. The Hall–Kier alpha value is -2.99. The summed E-state index contributed by atoms with van der Waals surface area (Å²) < 4.78 is 16.7. The van der Waals surface area contributed by atoms with Crippen molar-refractivity contribution in [1.29, 1.82) is 5.41 Å². The Bertz CT molecular complexity index is 1180. The van der Waals surface area contributed by atoms with E-state index in [0.29, 0.717) is 36.7 Å². The Labute approximate surface area is 184 Å². The van der Waals surface area contributed by atoms with E-state index in [1.54, 1.807) is 15.5 Å². The smallest absolute Gasteiger partial charge is 0.342 e. The second-order valence-electron chi connectivity index (χ2n) is 7.10. The van der Waals surface area contributed by atoms with Crippen molar-refractivity contribution in [2.24, 2.45) is 0 Å². The third-order valence-electron chi connectivity index (χ3n) is 5.32. The first kappa shape index (κ1) is 21.2. The first-order valence-electron chi connectivity index (χ1n) is 9.30. The van der Waals surface area contributed by atoms with Gasteiger partial charge in [-0.25, -0.2) is 14.0 Å². The second-order valence-corrected chi connectivity index (χ2v) is 8.59. The second kappa shape index (κ2) is 7.93. The summed E-state index contributed by atoms with van der Waals surface area (Å²) in [4.78, 5) is 41.6. The van der Waals surface area contributed by atoms with Crippen molar-refractivity contribution in [3.63, 3.8) is 0 Å². The Morgan fingerprint density at radius 2 is 1.97 bits per heavy atom. The van der Waals surface area contributed by atoms with Gasteiger partial charge in [-0.05, 0) is 19.1 Å². The van der Waals surface area contributed by atoms with Crippen LogP contribution in [0.25, 0.3) is 10.9 Å². The lowest BCUT2D eigenvalue weighted by Gasteiger charge is -2.37. The number of carbonyl (C=O) groups is 2. The van der Waals surface area contributed by atoms with E-state index in [1.807, 2.05) is 11.8 Å². The molecule has 164 valence electrons. The number of rotatable bonds is 2. The normalized spacial score (nSPS) is 17.7. The Kier molecular flexibility index (Phi) is 5.43. The van der Waals surface area contributed by atoms with Crippen LogP contribution in [-0.2, 0) is 0 Å². The molecule has 4 N–H and O–H groups in total. The molecule has 2 amide bonds. The highest BCUT2D eigenvalue weighted by Crippen LogP contribution is 2.46. The minimum Gasteiger partial charge on any atom is -0.477 e. The van der Waals surface area contributed by atoms with E-state index in [2.05, 4.69) is 5.32 Å². The molecule has 1 atom stereocenters. The summed E-state index contributed by atoms with van der Waals surface area (Å²) in [5.74, 6) is -2.30. The van der Waals surface area contributed by atoms with Gasteiger partial charge < -0.3 is 19.5 Å². The number of pyridine rings is 1. The molecular weight excluding hydrogens is 451 g/mol. The number of fused-ring (bicyclic) bond motifs is 3. The lowest BCUT2D eigenvalue weighted by molar-refractivity contribution is 0.0689. The number of hydrogen-bond acceptors (Lipinski definition) is 6. The molecule has 31 heavy (non-hydrogen) atoms. The van der Waals surface area contributed by atoms with Crippen molar-refractivity contribution in [3.8, 4) is 0 Å². The molecule has 2 aliphatic heterocycles. The maximum atomic E-state index is 15.0. The zero-order valence-electron chi connectivity index (χ0n) is 16.2. The molecule has 0 radical (unpaired) electrons. The minimum absolute atomic E-state index is 0.0275. The topological polar surface area (TPSA) is 131 Å². The zero-order chi connectivity index (χ0) is 22.4. The van der Waals surface area contributed by atoms with E-state index < -0.39 is 23.2 Å². The molecule has 0 saturated carbocycles. The molecule has 2 aromatic rings. The number of hydrogen-bond donors (Lipinski definition) is 4. The summed E-state index contributed by atoms with van der Waals surface area (Å²) in [6.45, 7) is 3.14. The molecule has 1 unspecified atom stereocenters. The predicted molar refractivity (Wildman–Crippen MR) is 115 cm³/mol. The monoisotopic (exact) mass is 468 g/mol. The van der Waals surface area contributed by atoms with E-state index in [9.17, 15) is 23.9 Å². The van der Waals surface area contributed by atoms with Crippen LogP contribution in [0.1, 0.15) is 22.7 Å². The van der Waals surface area contributed by atoms with Crippen molar-refractivity contribution in [1.82, 2.24) is 19.6 Å². The maximum absolute atomic E-state index is 15.0. The number of anilines is 1. The number of guanidine groups is 1. The van der Waals surface area contributed by atoms with Gasteiger partial charge in [0.15, 0.2) is 0 Å². The van der Waals surface area contributed by atoms with Crippen molar-refractivity contribution < 1.29 is 19.1 Å². The van der Waals surface area contributed by atoms with E-state index in [-0.39, 0.29) is 28.0 Å². The average Bonchev–Trinajstić information content (AvgIpc) is 2.73. The molecule has 10 nitrogen and oxygen atoms in total. The largest absolute Gasteiger partial charge is 0.477 e. The van der Waals surface area contributed by atoms with Crippen molar-refractivity contribution in [3.05, 3.63) is 33.7 Å². The van der Waals surface area contributed by atoms with Gasteiger partial charge in [-0.2, -0.15) is 0 Å². The number of carbonyl (C=O) groups excluding carboxylic acids is 1. The number of piperazine rings is 1. The van der Waals surface area contributed by atoms with E-state index in [4.69, 9.17) is 17.2 Å². The van der Waals surface area contributed by atoms with Gasteiger partial charge in [-0.15, -0.1) is 0 Å². The lowest BCUT2D eigenvalue weighted by Crippen LogP contribution is -2.53. The van der Waals surface area contributed by atoms with Gasteiger partial charge in [0, 0.05) is 43.3 Å². The number of halogens is 2. The number of aromatic carboxylic acids is 1. The fourth-order valence-electron chi connectivity index (χ4n) is 3.83. The van der Waals surface area contributed by atoms with E-state index in [1.165, 1.54) is 16.7 Å². The lowest BCUT2D eigenvalue weighted by atomic mass is 10.1. The van der Waals surface area contributed by atoms with Crippen molar-refractivity contribution in [2.45, 2.75) is 17.3 Å². The number of carboxylic acid groups (broad SMARTS) is 1. The number of nitrogens with one attached hydrogen (secondary N) is 3. The number of benzene rings is 1. The van der Waals surface area contributed by atoms with Crippen LogP contribution in [0.5, 0.6) is 0 Å². The van der Waals surface area contributed by atoms with Gasteiger partial charge in [0.05, 0.1) is 21.6 Å². The van der Waals surface area contributed by atoms with Crippen LogP contribution >= 0.6 is 23.5 Å². The van der Waals surface area contributed by atoms with Crippen LogP contribution in [0.4, 0.5) is 14.9 Å². The molecule has 1 saturated heterocycles. The van der Waals surface area contributed by atoms with Gasteiger partial charge >= 0.3 is 12.0 Å². The van der Waals surface area contributed by atoms with E-state index in [0.717, 1.165) is 6.07 Å². The van der Waals surface area contributed by atoms with Gasteiger partial charge in [0.25, 0.3) is 0 Å². The van der Waals surface area contributed by atoms with Gasteiger partial charge in [-0.1, -0.05) is 11.8 Å². The summed E-state index contributed by atoms with van der Waals surface area (Å²) >= 11 is 6.55. The molecule has 3 heterocycles. The summed E-state index contributed by atoms with van der Waals surface area (Å²) in [6, 6.07) is 2.17. The van der Waals surface area contributed by atoms with Gasteiger partial charge in [-0.3, -0.25) is 20.4 Å². The van der Waals surface area contributed by atoms with Crippen LogP contribution in [0.3, 0.4) is 0 Å². The first-order valence-corrected chi connectivity index (χ1v) is 10.6. The zero-order valence-corrected chi connectivity index (χ0v) is 17.8. The van der Waals surface area contributed by atoms with Crippen molar-refractivity contribution >= 4 is 58.1 Å².